The molecule has 0 amide bonds. The van der Waals surface area contributed by atoms with E-state index in [0.717, 1.165) is 0 Å². The van der Waals surface area contributed by atoms with Gasteiger partial charge in [-0.1, -0.05) is 35.3 Å². The monoisotopic (exact) mass is 325 g/mol. The Balaban J connectivity index is 2.16. The second-order valence-corrected chi connectivity index (χ2v) is 5.08. The molecule has 0 aromatic heterocycles. The van der Waals surface area contributed by atoms with Gasteiger partial charge in [-0.2, -0.15) is 0 Å². The number of rotatable bonds is 4. The fourth-order valence-electron chi connectivity index (χ4n) is 1.79. The molecule has 0 aliphatic rings. The molecule has 0 saturated heterocycles. The van der Waals surface area contributed by atoms with Gasteiger partial charge in [0.1, 0.15) is 17.9 Å². The Hall–Kier alpha value is -1.91. The first-order valence-electron chi connectivity index (χ1n) is 6.06. The largest absolute Gasteiger partial charge is 0.496 e. The van der Waals surface area contributed by atoms with Crippen molar-refractivity contribution in [3.05, 3.63) is 57.6 Å². The third-order valence-electron chi connectivity index (χ3n) is 2.86. The Morgan fingerprint density at radius 2 is 2.00 bits per heavy atom. The highest BCUT2D eigenvalue weighted by atomic mass is 35.5. The first-order chi connectivity index (χ1) is 10.0. The van der Waals surface area contributed by atoms with Crippen molar-refractivity contribution in [2.75, 3.05) is 12.8 Å². The zero-order valence-corrected chi connectivity index (χ0v) is 12.7. The van der Waals surface area contributed by atoms with Crippen molar-refractivity contribution < 1.29 is 14.3 Å². The number of carbonyl (C=O) groups is 1. The summed E-state index contributed by atoms with van der Waals surface area (Å²) in [6.45, 7) is 0.0202. The molecule has 0 saturated carbocycles. The van der Waals surface area contributed by atoms with Crippen LogP contribution in [0.2, 0.25) is 10.0 Å². The van der Waals surface area contributed by atoms with Crippen LogP contribution in [0, 0.1) is 0 Å². The highest BCUT2D eigenvalue weighted by Gasteiger charge is 2.17. The number of benzene rings is 2. The third kappa shape index (κ3) is 3.60. The quantitative estimate of drug-likeness (QED) is 0.683. The SMILES string of the molecule is COc1cccc(N)c1C(=O)OCc1ccc(Cl)cc1Cl. The van der Waals surface area contributed by atoms with Crippen LogP contribution in [0.1, 0.15) is 15.9 Å². The van der Waals surface area contributed by atoms with Gasteiger partial charge in [0.25, 0.3) is 0 Å². The normalized spacial score (nSPS) is 10.2. The van der Waals surface area contributed by atoms with Crippen LogP contribution in [0.5, 0.6) is 5.75 Å². The molecule has 21 heavy (non-hydrogen) atoms. The maximum absolute atomic E-state index is 12.1. The molecule has 2 aromatic carbocycles. The predicted octanol–water partition coefficient (Wildman–Crippen LogP) is 3.94. The summed E-state index contributed by atoms with van der Waals surface area (Å²) in [5.74, 6) is -0.210. The van der Waals surface area contributed by atoms with Crippen LogP contribution in [-0.2, 0) is 11.3 Å². The van der Waals surface area contributed by atoms with Crippen molar-refractivity contribution >= 4 is 34.9 Å². The Bertz CT molecular complexity index is 674. The van der Waals surface area contributed by atoms with Crippen LogP contribution in [0.4, 0.5) is 5.69 Å². The summed E-state index contributed by atoms with van der Waals surface area (Å²) in [6, 6.07) is 9.90. The first kappa shape index (κ1) is 15.5. The number of anilines is 1. The summed E-state index contributed by atoms with van der Waals surface area (Å²) in [7, 11) is 1.46. The van der Waals surface area contributed by atoms with Gasteiger partial charge in [0.15, 0.2) is 0 Å². The Labute approximate surface area is 132 Å². The van der Waals surface area contributed by atoms with Gasteiger partial charge in [-0.3, -0.25) is 0 Å². The molecule has 0 spiro atoms. The van der Waals surface area contributed by atoms with Crippen molar-refractivity contribution in [2.24, 2.45) is 0 Å². The average molecular weight is 326 g/mol. The molecule has 0 bridgehead atoms. The Morgan fingerprint density at radius 3 is 2.67 bits per heavy atom. The minimum Gasteiger partial charge on any atom is -0.496 e. The predicted molar refractivity (Wildman–Crippen MR) is 83.0 cm³/mol. The summed E-state index contributed by atoms with van der Waals surface area (Å²) in [6.07, 6.45) is 0. The Morgan fingerprint density at radius 1 is 1.24 bits per heavy atom. The van der Waals surface area contributed by atoms with Crippen molar-refractivity contribution in [1.82, 2.24) is 0 Å². The van der Waals surface area contributed by atoms with E-state index in [1.165, 1.54) is 7.11 Å². The zero-order valence-electron chi connectivity index (χ0n) is 11.2. The molecule has 2 aromatic rings. The number of esters is 1. The second-order valence-electron chi connectivity index (χ2n) is 4.24. The molecule has 110 valence electrons. The van der Waals surface area contributed by atoms with Gasteiger partial charge in [0, 0.05) is 21.3 Å². The van der Waals surface area contributed by atoms with Crippen LogP contribution in [0.15, 0.2) is 36.4 Å². The Kier molecular flexibility index (Phi) is 4.94. The molecule has 0 unspecified atom stereocenters. The van der Waals surface area contributed by atoms with E-state index in [4.69, 9.17) is 38.4 Å². The van der Waals surface area contributed by atoms with Crippen molar-refractivity contribution in [3.8, 4) is 5.75 Å². The van der Waals surface area contributed by atoms with E-state index < -0.39 is 5.97 Å². The van der Waals surface area contributed by atoms with Crippen molar-refractivity contribution in [3.63, 3.8) is 0 Å². The summed E-state index contributed by atoms with van der Waals surface area (Å²) in [5, 5.41) is 0.951. The second kappa shape index (κ2) is 6.70. The van der Waals surface area contributed by atoms with E-state index in [1.807, 2.05) is 0 Å². The maximum atomic E-state index is 12.1. The van der Waals surface area contributed by atoms with Crippen LogP contribution >= 0.6 is 23.2 Å². The molecule has 0 radical (unpaired) electrons. The summed E-state index contributed by atoms with van der Waals surface area (Å²) >= 11 is 11.8. The highest BCUT2D eigenvalue weighted by molar-refractivity contribution is 6.35. The van der Waals surface area contributed by atoms with E-state index in [0.29, 0.717) is 27.0 Å². The summed E-state index contributed by atoms with van der Waals surface area (Å²) in [5.41, 5.74) is 6.94. The minimum absolute atomic E-state index is 0.0202. The zero-order chi connectivity index (χ0) is 15.4. The van der Waals surface area contributed by atoms with Crippen molar-refractivity contribution in [2.45, 2.75) is 6.61 Å². The number of hydrogen-bond acceptors (Lipinski definition) is 4. The van der Waals surface area contributed by atoms with E-state index in [2.05, 4.69) is 0 Å². The van der Waals surface area contributed by atoms with Gasteiger partial charge >= 0.3 is 5.97 Å². The molecule has 2 rings (SSSR count). The van der Waals surface area contributed by atoms with Gasteiger partial charge < -0.3 is 15.2 Å². The van der Waals surface area contributed by atoms with Crippen LogP contribution < -0.4 is 10.5 Å². The van der Waals surface area contributed by atoms with Crippen molar-refractivity contribution in [1.29, 1.82) is 0 Å². The van der Waals surface area contributed by atoms with Crippen LogP contribution in [-0.4, -0.2) is 13.1 Å². The van der Waals surface area contributed by atoms with Gasteiger partial charge in [0.2, 0.25) is 0 Å². The smallest absolute Gasteiger partial charge is 0.344 e. The molecule has 0 fully saturated rings. The van der Waals surface area contributed by atoms with Gasteiger partial charge in [-0.15, -0.1) is 0 Å². The molecule has 0 aliphatic heterocycles. The fraction of sp³-hybridized carbons (Fsp3) is 0.133. The van der Waals surface area contributed by atoms with E-state index in [-0.39, 0.29) is 12.2 Å². The number of halogens is 2. The summed E-state index contributed by atoms with van der Waals surface area (Å²) < 4.78 is 10.3. The van der Waals surface area contributed by atoms with E-state index in [1.54, 1.807) is 36.4 Å². The number of ether oxygens (including phenoxy) is 2. The number of carbonyl (C=O) groups excluding carboxylic acids is 1. The topological polar surface area (TPSA) is 61.5 Å². The number of nitrogens with two attached hydrogens (primary N) is 1. The lowest BCUT2D eigenvalue weighted by Crippen LogP contribution is -2.10. The first-order valence-corrected chi connectivity index (χ1v) is 6.82. The van der Waals surface area contributed by atoms with Gasteiger partial charge in [-0.25, -0.2) is 4.79 Å². The van der Waals surface area contributed by atoms with E-state index in [9.17, 15) is 4.79 Å². The standard InChI is InChI=1S/C15H13Cl2NO3/c1-20-13-4-2-3-12(18)14(13)15(19)21-8-9-5-6-10(16)7-11(9)17/h2-7H,8,18H2,1H3. The molecule has 0 heterocycles. The molecule has 0 atom stereocenters. The molecule has 6 heteroatoms. The van der Waals surface area contributed by atoms with Gasteiger partial charge in [-0.05, 0) is 24.3 Å². The highest BCUT2D eigenvalue weighted by Crippen LogP contribution is 2.26. The lowest BCUT2D eigenvalue weighted by Gasteiger charge is -2.11. The average Bonchev–Trinajstić information content (AvgIpc) is 2.45. The number of nitrogen functional groups attached to an aromatic ring is 1. The minimum atomic E-state index is -0.573. The van der Waals surface area contributed by atoms with Crippen LogP contribution in [0.25, 0.3) is 0 Å². The lowest BCUT2D eigenvalue weighted by atomic mass is 10.1. The molecule has 2 N–H and O–H groups in total. The third-order valence-corrected chi connectivity index (χ3v) is 3.44. The van der Waals surface area contributed by atoms with E-state index >= 15 is 0 Å². The lowest BCUT2D eigenvalue weighted by molar-refractivity contribution is 0.0470. The number of methoxy groups -OCH3 is 1. The van der Waals surface area contributed by atoms with Gasteiger partial charge in [0.05, 0.1) is 7.11 Å². The fourth-order valence-corrected chi connectivity index (χ4v) is 2.25. The maximum Gasteiger partial charge on any atom is 0.344 e. The van der Waals surface area contributed by atoms with Crippen LogP contribution in [0.3, 0.4) is 0 Å². The molecule has 4 nitrogen and oxygen atoms in total. The molecular formula is C15H13Cl2NO3. The molecular weight excluding hydrogens is 313 g/mol. The number of hydrogen-bond donors (Lipinski definition) is 1. The summed E-state index contributed by atoms with van der Waals surface area (Å²) in [4.78, 5) is 12.1. The molecule has 0 aliphatic carbocycles.